The Morgan fingerprint density at radius 1 is 1.00 bits per heavy atom. The molecule has 3 aromatic rings. The van der Waals surface area contributed by atoms with E-state index in [0.717, 1.165) is 22.1 Å². The van der Waals surface area contributed by atoms with E-state index in [0.29, 0.717) is 17.3 Å². The van der Waals surface area contributed by atoms with Gasteiger partial charge in [-0.1, -0.05) is 18.2 Å². The average molecular weight is 326 g/mol. The van der Waals surface area contributed by atoms with Gasteiger partial charge in [0.15, 0.2) is 16.8 Å². The number of anilines is 5. The predicted molar refractivity (Wildman–Crippen MR) is 95.8 cm³/mol. The van der Waals surface area contributed by atoms with Crippen LogP contribution >= 0.6 is 11.3 Å². The van der Waals surface area contributed by atoms with Crippen molar-refractivity contribution in [2.75, 3.05) is 16.4 Å². The Labute approximate surface area is 138 Å². The third-order valence-electron chi connectivity index (χ3n) is 3.54. The first kappa shape index (κ1) is 15.2. The van der Waals surface area contributed by atoms with Gasteiger partial charge in [0.2, 0.25) is 0 Å². The summed E-state index contributed by atoms with van der Waals surface area (Å²) >= 11 is 1.57. The molecule has 23 heavy (non-hydrogen) atoms. The third-order valence-corrected chi connectivity index (χ3v) is 4.52. The lowest BCUT2D eigenvalue weighted by Crippen LogP contribution is -2.05. The molecule has 0 aliphatic rings. The highest BCUT2D eigenvalue weighted by Gasteiger charge is 2.11. The molecule has 0 radical (unpaired) electrons. The van der Waals surface area contributed by atoms with Gasteiger partial charge in [0.1, 0.15) is 12.0 Å². The molecule has 0 bridgehead atoms. The van der Waals surface area contributed by atoms with E-state index < -0.39 is 0 Å². The molecule has 118 valence electrons. The summed E-state index contributed by atoms with van der Waals surface area (Å²) in [5.41, 5.74) is 9.74. The fraction of sp³-hybridized carbons (Fsp3) is 0.188. The van der Waals surface area contributed by atoms with E-state index in [9.17, 15) is 0 Å². The maximum absolute atomic E-state index is 6.20. The van der Waals surface area contributed by atoms with Crippen molar-refractivity contribution in [1.82, 2.24) is 15.0 Å². The highest BCUT2D eigenvalue weighted by Crippen LogP contribution is 2.31. The summed E-state index contributed by atoms with van der Waals surface area (Å²) in [4.78, 5) is 14.1. The number of aromatic nitrogens is 3. The zero-order chi connectivity index (χ0) is 16.4. The Morgan fingerprint density at radius 3 is 2.35 bits per heavy atom. The molecule has 0 saturated heterocycles. The highest BCUT2D eigenvalue weighted by molar-refractivity contribution is 7.15. The average Bonchev–Trinajstić information content (AvgIpc) is 2.84. The first-order valence-corrected chi connectivity index (χ1v) is 8.00. The van der Waals surface area contributed by atoms with Gasteiger partial charge in [-0.05, 0) is 32.4 Å². The molecule has 0 aliphatic heterocycles. The van der Waals surface area contributed by atoms with Gasteiger partial charge in [-0.25, -0.2) is 15.0 Å². The fourth-order valence-corrected chi connectivity index (χ4v) is 2.88. The summed E-state index contributed by atoms with van der Waals surface area (Å²) in [6.07, 6.45) is 1.48. The van der Waals surface area contributed by atoms with Gasteiger partial charge in [0.25, 0.3) is 0 Å². The van der Waals surface area contributed by atoms with E-state index in [1.165, 1.54) is 11.2 Å². The minimum atomic E-state index is 0.459. The van der Waals surface area contributed by atoms with Crippen molar-refractivity contribution in [3.8, 4) is 0 Å². The molecular weight excluding hydrogens is 308 g/mol. The van der Waals surface area contributed by atoms with E-state index in [1.807, 2.05) is 45.0 Å². The lowest BCUT2D eigenvalue weighted by atomic mass is 10.2. The standard InChI is InChI=1S/C16H18N6S/c1-9-6-4-5-7-12(9)21-14-13(17)15(19-8-18-14)22-16-20-10(2)11(3)23-16/h4-8H,17H2,1-3H3,(H2,18,19,20,21,22). The van der Waals surface area contributed by atoms with Gasteiger partial charge in [0, 0.05) is 10.6 Å². The van der Waals surface area contributed by atoms with Crippen molar-refractivity contribution in [1.29, 1.82) is 0 Å². The molecule has 0 spiro atoms. The number of nitrogen functional groups attached to an aromatic ring is 1. The summed E-state index contributed by atoms with van der Waals surface area (Å²) in [5.74, 6) is 1.12. The summed E-state index contributed by atoms with van der Waals surface area (Å²) in [7, 11) is 0. The molecule has 3 rings (SSSR count). The number of rotatable bonds is 4. The largest absolute Gasteiger partial charge is 0.393 e. The van der Waals surface area contributed by atoms with Gasteiger partial charge >= 0.3 is 0 Å². The van der Waals surface area contributed by atoms with Crippen LogP contribution in [0.4, 0.5) is 28.1 Å². The van der Waals surface area contributed by atoms with E-state index >= 15 is 0 Å². The van der Waals surface area contributed by atoms with Crippen LogP contribution < -0.4 is 16.4 Å². The molecule has 7 heteroatoms. The van der Waals surface area contributed by atoms with Gasteiger partial charge < -0.3 is 16.4 Å². The van der Waals surface area contributed by atoms with Crippen LogP contribution in [0.25, 0.3) is 0 Å². The normalized spacial score (nSPS) is 10.6. The van der Waals surface area contributed by atoms with Crippen molar-refractivity contribution < 1.29 is 0 Å². The zero-order valence-electron chi connectivity index (χ0n) is 13.2. The summed E-state index contributed by atoms with van der Waals surface area (Å²) in [5, 5.41) is 7.19. The topological polar surface area (TPSA) is 88.8 Å². The number of nitrogens with zero attached hydrogens (tertiary/aromatic N) is 3. The van der Waals surface area contributed by atoms with Crippen molar-refractivity contribution in [3.05, 3.63) is 46.7 Å². The third kappa shape index (κ3) is 3.24. The molecule has 0 atom stereocenters. The van der Waals surface area contributed by atoms with Gasteiger partial charge in [-0.2, -0.15) is 0 Å². The Kier molecular flexibility index (Phi) is 4.12. The quantitative estimate of drug-likeness (QED) is 0.673. The number of hydrogen-bond acceptors (Lipinski definition) is 7. The Balaban J connectivity index is 1.88. The van der Waals surface area contributed by atoms with Crippen LogP contribution in [0.15, 0.2) is 30.6 Å². The molecule has 0 saturated carbocycles. The van der Waals surface area contributed by atoms with Crippen molar-refractivity contribution >= 4 is 39.5 Å². The minimum absolute atomic E-state index is 0.459. The second kappa shape index (κ2) is 6.21. The fourth-order valence-electron chi connectivity index (χ4n) is 2.06. The first-order valence-electron chi connectivity index (χ1n) is 7.19. The van der Waals surface area contributed by atoms with Crippen molar-refractivity contribution in [2.24, 2.45) is 0 Å². The Hall–Kier alpha value is -2.67. The van der Waals surface area contributed by atoms with Crippen molar-refractivity contribution in [3.63, 3.8) is 0 Å². The van der Waals surface area contributed by atoms with E-state index in [2.05, 4.69) is 25.6 Å². The van der Waals surface area contributed by atoms with E-state index in [4.69, 9.17) is 5.73 Å². The van der Waals surface area contributed by atoms with E-state index in [-0.39, 0.29) is 0 Å². The molecule has 0 unspecified atom stereocenters. The van der Waals surface area contributed by atoms with Crippen LogP contribution in [0.5, 0.6) is 0 Å². The molecule has 4 N–H and O–H groups in total. The first-order chi connectivity index (χ1) is 11.0. The lowest BCUT2D eigenvalue weighted by molar-refractivity contribution is 1.16. The molecular formula is C16H18N6S. The monoisotopic (exact) mass is 326 g/mol. The van der Waals surface area contributed by atoms with Crippen LogP contribution in [0.1, 0.15) is 16.1 Å². The molecule has 0 fully saturated rings. The van der Waals surface area contributed by atoms with Crippen LogP contribution in [0.2, 0.25) is 0 Å². The number of aryl methyl sites for hydroxylation is 3. The predicted octanol–water partition coefficient (Wildman–Crippen LogP) is 3.93. The molecule has 6 nitrogen and oxygen atoms in total. The summed E-state index contributed by atoms with van der Waals surface area (Å²) in [6.45, 7) is 6.04. The van der Waals surface area contributed by atoms with Gasteiger partial charge in [0.05, 0.1) is 5.69 Å². The lowest BCUT2D eigenvalue weighted by Gasteiger charge is -2.12. The van der Waals surface area contributed by atoms with Crippen molar-refractivity contribution in [2.45, 2.75) is 20.8 Å². The van der Waals surface area contributed by atoms with Crippen LogP contribution in [0, 0.1) is 20.8 Å². The molecule has 0 aliphatic carbocycles. The molecule has 0 amide bonds. The highest BCUT2D eigenvalue weighted by atomic mass is 32.1. The number of nitrogens with two attached hydrogens (primary N) is 1. The van der Waals surface area contributed by atoms with Gasteiger partial charge in [-0.15, -0.1) is 11.3 Å². The molecule has 2 heterocycles. The minimum Gasteiger partial charge on any atom is -0.393 e. The second-order valence-corrected chi connectivity index (χ2v) is 6.41. The Morgan fingerprint density at radius 2 is 1.70 bits per heavy atom. The molecule has 1 aromatic carbocycles. The van der Waals surface area contributed by atoms with Crippen LogP contribution in [-0.2, 0) is 0 Å². The van der Waals surface area contributed by atoms with Gasteiger partial charge in [-0.3, -0.25) is 0 Å². The molecule has 2 aromatic heterocycles. The maximum Gasteiger partial charge on any atom is 0.188 e. The SMILES string of the molecule is Cc1ccccc1Nc1ncnc(Nc2nc(C)c(C)s2)c1N. The number of thiazole rings is 1. The Bertz CT molecular complexity index is 823. The number of benzene rings is 1. The number of hydrogen-bond donors (Lipinski definition) is 3. The zero-order valence-corrected chi connectivity index (χ0v) is 14.0. The number of nitrogens with one attached hydrogen (secondary N) is 2. The van der Waals surface area contributed by atoms with E-state index in [1.54, 1.807) is 11.3 Å². The van der Waals surface area contributed by atoms with Crippen LogP contribution in [0.3, 0.4) is 0 Å². The number of para-hydroxylation sites is 1. The smallest absolute Gasteiger partial charge is 0.188 e. The maximum atomic E-state index is 6.20. The summed E-state index contributed by atoms with van der Waals surface area (Å²) < 4.78 is 0. The summed E-state index contributed by atoms with van der Waals surface area (Å²) in [6, 6.07) is 7.97. The van der Waals surface area contributed by atoms with Crippen LogP contribution in [-0.4, -0.2) is 15.0 Å². The second-order valence-electron chi connectivity index (χ2n) is 5.21.